The number of primary amides is 1. The van der Waals surface area contributed by atoms with E-state index in [9.17, 15) is 9.59 Å². The molecule has 0 unspecified atom stereocenters. The molecule has 5 nitrogen and oxygen atoms in total. The van der Waals surface area contributed by atoms with E-state index in [4.69, 9.17) is 5.73 Å². The average Bonchev–Trinajstić information content (AvgIpc) is 2.82. The van der Waals surface area contributed by atoms with E-state index >= 15 is 0 Å². The van der Waals surface area contributed by atoms with Gasteiger partial charge in [-0.05, 0) is 49.2 Å². The lowest BCUT2D eigenvalue weighted by atomic mass is 10.1. The lowest BCUT2D eigenvalue weighted by molar-refractivity contribution is 0.0981. The van der Waals surface area contributed by atoms with Crippen molar-refractivity contribution in [3.63, 3.8) is 0 Å². The Balaban J connectivity index is 1.86. The summed E-state index contributed by atoms with van der Waals surface area (Å²) in [5, 5.41) is 2.48. The fraction of sp³-hybridized carbons (Fsp3) is 0.176. The lowest BCUT2D eigenvalue weighted by Gasteiger charge is -2.23. The van der Waals surface area contributed by atoms with Gasteiger partial charge in [-0.15, -0.1) is 0 Å². The van der Waals surface area contributed by atoms with E-state index < -0.39 is 6.03 Å². The first-order valence-corrected chi connectivity index (χ1v) is 7.14. The molecule has 3 rings (SSSR count). The second kappa shape index (κ2) is 5.52. The van der Waals surface area contributed by atoms with Crippen LogP contribution in [0.15, 0.2) is 48.5 Å². The van der Waals surface area contributed by atoms with Crippen LogP contribution in [0.5, 0.6) is 0 Å². The van der Waals surface area contributed by atoms with Gasteiger partial charge in [-0.25, -0.2) is 4.79 Å². The Morgan fingerprint density at radius 3 is 2.50 bits per heavy atom. The van der Waals surface area contributed by atoms with Gasteiger partial charge < -0.3 is 16.0 Å². The number of nitrogens with one attached hydrogen (secondary N) is 1. The van der Waals surface area contributed by atoms with E-state index in [1.807, 2.05) is 30.0 Å². The van der Waals surface area contributed by atoms with Crippen molar-refractivity contribution < 1.29 is 9.59 Å². The Kier molecular flexibility index (Phi) is 3.55. The van der Waals surface area contributed by atoms with Crippen LogP contribution >= 0.6 is 0 Å². The summed E-state index contributed by atoms with van der Waals surface area (Å²) < 4.78 is 0. The summed E-state index contributed by atoms with van der Waals surface area (Å²) in [6.07, 6.45) is 0.864. The first-order chi connectivity index (χ1) is 10.6. The summed E-state index contributed by atoms with van der Waals surface area (Å²) in [6.45, 7) is 2.04. The number of hydrogen-bond acceptors (Lipinski definition) is 2. The Hall–Kier alpha value is -2.82. The largest absolute Gasteiger partial charge is 0.351 e. The molecule has 0 spiro atoms. The van der Waals surface area contributed by atoms with Gasteiger partial charge in [0.05, 0.1) is 0 Å². The number of anilines is 2. The predicted octanol–water partition coefficient (Wildman–Crippen LogP) is 2.77. The summed E-state index contributed by atoms with van der Waals surface area (Å²) in [5.41, 5.74) is 8.38. The molecular formula is C17H17N3O2. The van der Waals surface area contributed by atoms with Crippen LogP contribution in [0, 0.1) is 0 Å². The molecule has 3 amide bonds. The average molecular weight is 295 g/mol. The minimum atomic E-state index is -0.624. The number of benzene rings is 2. The number of carbonyl (C=O) groups excluding carboxylic acids is 2. The summed E-state index contributed by atoms with van der Waals surface area (Å²) in [5.74, 6) is -0.0388. The molecule has 1 atom stereocenters. The van der Waals surface area contributed by atoms with Gasteiger partial charge >= 0.3 is 6.03 Å². The van der Waals surface area contributed by atoms with Crippen molar-refractivity contribution in [2.24, 2.45) is 5.73 Å². The Bertz CT molecular complexity index is 725. The highest BCUT2D eigenvalue weighted by Gasteiger charge is 2.31. The van der Waals surface area contributed by atoms with Crippen molar-refractivity contribution in [2.45, 2.75) is 19.4 Å². The van der Waals surface area contributed by atoms with E-state index in [0.29, 0.717) is 11.3 Å². The van der Waals surface area contributed by atoms with E-state index in [2.05, 4.69) is 11.4 Å². The predicted molar refractivity (Wildman–Crippen MR) is 86.1 cm³/mol. The summed E-state index contributed by atoms with van der Waals surface area (Å²) in [7, 11) is 0. The molecule has 0 aliphatic carbocycles. The quantitative estimate of drug-likeness (QED) is 0.894. The summed E-state index contributed by atoms with van der Waals surface area (Å²) >= 11 is 0. The molecule has 2 aromatic carbocycles. The van der Waals surface area contributed by atoms with Crippen molar-refractivity contribution in [3.05, 3.63) is 59.7 Å². The maximum absolute atomic E-state index is 12.8. The van der Waals surface area contributed by atoms with Gasteiger partial charge in [-0.2, -0.15) is 0 Å². The number of urea groups is 1. The van der Waals surface area contributed by atoms with Gasteiger partial charge in [0.1, 0.15) is 0 Å². The first kappa shape index (κ1) is 14.1. The standard InChI is InChI=1S/C17H17N3O2/c1-11-10-13-4-2-3-5-15(13)20(11)16(21)12-6-8-14(9-7-12)19-17(18)22/h2-9,11H,10H2,1H3,(H3,18,19,22)/t11-/m1/s1. The molecule has 2 aromatic rings. The van der Waals surface area contributed by atoms with Gasteiger partial charge in [0, 0.05) is 23.0 Å². The number of amides is 3. The molecule has 0 saturated carbocycles. The van der Waals surface area contributed by atoms with Crippen LogP contribution in [-0.4, -0.2) is 18.0 Å². The zero-order valence-corrected chi connectivity index (χ0v) is 12.2. The Morgan fingerprint density at radius 2 is 1.82 bits per heavy atom. The zero-order chi connectivity index (χ0) is 15.7. The molecule has 1 aliphatic rings. The molecule has 0 aromatic heterocycles. The van der Waals surface area contributed by atoms with E-state index in [-0.39, 0.29) is 11.9 Å². The molecule has 5 heteroatoms. The monoisotopic (exact) mass is 295 g/mol. The third kappa shape index (κ3) is 2.53. The molecule has 0 fully saturated rings. The second-order valence-electron chi connectivity index (χ2n) is 5.42. The van der Waals surface area contributed by atoms with E-state index in [1.54, 1.807) is 24.3 Å². The van der Waals surface area contributed by atoms with Gasteiger partial charge in [-0.1, -0.05) is 18.2 Å². The number of fused-ring (bicyclic) bond motifs is 1. The van der Waals surface area contributed by atoms with Gasteiger partial charge in [-0.3, -0.25) is 4.79 Å². The highest BCUT2D eigenvalue weighted by atomic mass is 16.2. The second-order valence-corrected chi connectivity index (χ2v) is 5.42. The maximum atomic E-state index is 12.8. The lowest BCUT2D eigenvalue weighted by Crippen LogP contribution is -2.35. The number of para-hydroxylation sites is 1. The first-order valence-electron chi connectivity index (χ1n) is 7.14. The highest BCUT2D eigenvalue weighted by molar-refractivity contribution is 6.08. The molecule has 3 N–H and O–H groups in total. The summed E-state index contributed by atoms with van der Waals surface area (Å²) in [6, 6.07) is 14.2. The molecule has 0 bridgehead atoms. The van der Waals surface area contributed by atoms with Crippen LogP contribution in [0.4, 0.5) is 16.2 Å². The molecule has 112 valence electrons. The van der Waals surface area contributed by atoms with Crippen LogP contribution in [0.25, 0.3) is 0 Å². The SMILES string of the molecule is C[C@@H]1Cc2ccccc2N1C(=O)c1ccc(NC(N)=O)cc1. The van der Waals surface area contributed by atoms with E-state index in [0.717, 1.165) is 12.1 Å². The van der Waals surface area contributed by atoms with Crippen molar-refractivity contribution in [1.29, 1.82) is 0 Å². The van der Waals surface area contributed by atoms with Crippen LogP contribution in [0.2, 0.25) is 0 Å². The van der Waals surface area contributed by atoms with Gasteiger partial charge in [0.2, 0.25) is 0 Å². The maximum Gasteiger partial charge on any atom is 0.316 e. The topological polar surface area (TPSA) is 75.4 Å². The van der Waals surface area contributed by atoms with Crippen molar-refractivity contribution in [2.75, 3.05) is 10.2 Å². The normalized spacial score (nSPS) is 16.2. The molecule has 0 saturated heterocycles. The smallest absolute Gasteiger partial charge is 0.316 e. The number of carbonyl (C=O) groups is 2. The Labute approximate surface area is 128 Å². The van der Waals surface area contributed by atoms with Gasteiger partial charge in [0.15, 0.2) is 0 Å². The van der Waals surface area contributed by atoms with Crippen LogP contribution in [-0.2, 0) is 6.42 Å². The highest BCUT2D eigenvalue weighted by Crippen LogP contribution is 2.33. The van der Waals surface area contributed by atoms with Crippen LogP contribution in [0.3, 0.4) is 0 Å². The Morgan fingerprint density at radius 1 is 1.14 bits per heavy atom. The van der Waals surface area contributed by atoms with E-state index in [1.165, 1.54) is 5.56 Å². The van der Waals surface area contributed by atoms with Gasteiger partial charge in [0.25, 0.3) is 5.91 Å². The number of nitrogens with two attached hydrogens (primary N) is 1. The molecule has 0 radical (unpaired) electrons. The number of hydrogen-bond donors (Lipinski definition) is 2. The van der Waals surface area contributed by atoms with Crippen molar-refractivity contribution >= 4 is 23.3 Å². The van der Waals surface area contributed by atoms with Crippen LogP contribution < -0.4 is 16.0 Å². The minimum Gasteiger partial charge on any atom is -0.351 e. The fourth-order valence-corrected chi connectivity index (χ4v) is 2.85. The molecular weight excluding hydrogens is 278 g/mol. The third-order valence-corrected chi connectivity index (χ3v) is 3.83. The number of nitrogens with zero attached hydrogens (tertiary/aromatic N) is 1. The third-order valence-electron chi connectivity index (χ3n) is 3.83. The number of rotatable bonds is 2. The molecule has 1 aliphatic heterocycles. The zero-order valence-electron chi connectivity index (χ0n) is 12.2. The van der Waals surface area contributed by atoms with Crippen molar-refractivity contribution in [1.82, 2.24) is 0 Å². The van der Waals surface area contributed by atoms with Crippen molar-refractivity contribution in [3.8, 4) is 0 Å². The fourth-order valence-electron chi connectivity index (χ4n) is 2.85. The molecule has 22 heavy (non-hydrogen) atoms. The molecule has 1 heterocycles. The minimum absolute atomic E-state index is 0.0388. The summed E-state index contributed by atoms with van der Waals surface area (Å²) in [4.78, 5) is 25.4. The van der Waals surface area contributed by atoms with Crippen LogP contribution in [0.1, 0.15) is 22.8 Å².